The Kier molecular flexibility index (Phi) is 5.39. The minimum atomic E-state index is 0.0141. The van der Waals surface area contributed by atoms with Gasteiger partial charge in [0.25, 0.3) is 5.91 Å². The van der Waals surface area contributed by atoms with E-state index in [0.29, 0.717) is 11.5 Å². The lowest BCUT2D eigenvalue weighted by atomic mass is 9.89. The van der Waals surface area contributed by atoms with Gasteiger partial charge >= 0.3 is 0 Å². The zero-order valence-electron chi connectivity index (χ0n) is 12.5. The molecule has 2 rings (SSSR count). The summed E-state index contributed by atoms with van der Waals surface area (Å²) in [6, 6.07) is 3.67. The minimum absolute atomic E-state index is 0.0141. The number of aryl methyl sites for hydroxylation is 1. The minimum Gasteiger partial charge on any atom is -0.370 e. The van der Waals surface area contributed by atoms with E-state index in [0.717, 1.165) is 24.6 Å². The van der Waals surface area contributed by atoms with Crippen molar-refractivity contribution in [2.75, 3.05) is 18.4 Å². The van der Waals surface area contributed by atoms with Crippen molar-refractivity contribution in [3.63, 3.8) is 0 Å². The number of anilines is 1. The van der Waals surface area contributed by atoms with Crippen molar-refractivity contribution in [1.29, 1.82) is 0 Å². The molecule has 0 spiro atoms. The third-order valence-electron chi connectivity index (χ3n) is 3.85. The molecule has 4 nitrogen and oxygen atoms in total. The third kappa shape index (κ3) is 4.22. The fourth-order valence-electron chi connectivity index (χ4n) is 2.80. The summed E-state index contributed by atoms with van der Waals surface area (Å²) in [5.41, 5.74) is 1.57. The maximum Gasteiger partial charge on any atom is 0.251 e. The first kappa shape index (κ1) is 14.8. The number of hydrogen-bond donors (Lipinski definition) is 2. The van der Waals surface area contributed by atoms with E-state index in [-0.39, 0.29) is 5.91 Å². The molecule has 2 N–H and O–H groups in total. The maximum atomic E-state index is 12.2. The van der Waals surface area contributed by atoms with Gasteiger partial charge in [-0.25, -0.2) is 4.98 Å². The summed E-state index contributed by atoms with van der Waals surface area (Å²) in [5.74, 6) is 1.44. The summed E-state index contributed by atoms with van der Waals surface area (Å²) < 4.78 is 0. The second-order valence-electron chi connectivity index (χ2n) is 5.63. The first-order valence-electron chi connectivity index (χ1n) is 7.69. The molecular weight excluding hydrogens is 250 g/mol. The van der Waals surface area contributed by atoms with Crippen molar-refractivity contribution in [3.05, 3.63) is 23.4 Å². The highest BCUT2D eigenvalue weighted by atomic mass is 16.1. The fourth-order valence-corrected chi connectivity index (χ4v) is 2.80. The Morgan fingerprint density at radius 2 is 2.05 bits per heavy atom. The summed E-state index contributed by atoms with van der Waals surface area (Å²) in [7, 11) is 0. The van der Waals surface area contributed by atoms with Gasteiger partial charge in [0.1, 0.15) is 5.82 Å². The molecule has 0 bridgehead atoms. The number of carbonyl (C=O) groups excluding carboxylic acids is 1. The van der Waals surface area contributed by atoms with E-state index in [1.165, 1.54) is 32.1 Å². The first-order valence-corrected chi connectivity index (χ1v) is 7.69. The predicted octanol–water partition coefficient (Wildman–Crippen LogP) is 3.13. The number of hydrogen-bond acceptors (Lipinski definition) is 3. The molecule has 1 fully saturated rings. The van der Waals surface area contributed by atoms with Crippen LogP contribution in [0.3, 0.4) is 0 Å². The van der Waals surface area contributed by atoms with Crippen molar-refractivity contribution < 1.29 is 4.79 Å². The van der Waals surface area contributed by atoms with E-state index in [1.54, 1.807) is 0 Å². The number of amides is 1. The summed E-state index contributed by atoms with van der Waals surface area (Å²) in [6.07, 6.45) is 6.45. The van der Waals surface area contributed by atoms with E-state index in [2.05, 4.69) is 15.6 Å². The molecule has 1 aromatic heterocycles. The number of nitrogens with zero attached hydrogens (tertiary/aromatic N) is 1. The van der Waals surface area contributed by atoms with Gasteiger partial charge in [-0.3, -0.25) is 4.79 Å². The molecule has 0 aliphatic heterocycles. The SMILES string of the molecule is CCNc1cc(C(=O)NCC2CCCCC2)cc(C)n1. The van der Waals surface area contributed by atoms with Crippen molar-refractivity contribution >= 4 is 11.7 Å². The average Bonchev–Trinajstić information content (AvgIpc) is 2.45. The molecule has 0 aromatic carbocycles. The van der Waals surface area contributed by atoms with Gasteiger partial charge < -0.3 is 10.6 Å². The molecule has 0 radical (unpaired) electrons. The van der Waals surface area contributed by atoms with E-state index < -0.39 is 0 Å². The Morgan fingerprint density at radius 3 is 2.75 bits per heavy atom. The lowest BCUT2D eigenvalue weighted by Gasteiger charge is -2.21. The molecule has 0 atom stereocenters. The summed E-state index contributed by atoms with van der Waals surface area (Å²) in [4.78, 5) is 16.6. The van der Waals surface area contributed by atoms with Gasteiger partial charge in [-0.2, -0.15) is 0 Å². The van der Waals surface area contributed by atoms with Gasteiger partial charge in [0, 0.05) is 24.3 Å². The third-order valence-corrected chi connectivity index (χ3v) is 3.85. The van der Waals surface area contributed by atoms with Gasteiger partial charge in [-0.1, -0.05) is 19.3 Å². The number of pyridine rings is 1. The Bertz CT molecular complexity index is 453. The van der Waals surface area contributed by atoms with Crippen molar-refractivity contribution in [1.82, 2.24) is 10.3 Å². The highest BCUT2D eigenvalue weighted by Gasteiger charge is 2.15. The van der Waals surface area contributed by atoms with Gasteiger partial charge in [0.15, 0.2) is 0 Å². The van der Waals surface area contributed by atoms with Crippen LogP contribution in [0.2, 0.25) is 0 Å². The molecule has 1 heterocycles. The first-order chi connectivity index (χ1) is 9.69. The number of carbonyl (C=O) groups is 1. The second kappa shape index (κ2) is 7.27. The van der Waals surface area contributed by atoms with Gasteiger partial charge in [0.2, 0.25) is 0 Å². The van der Waals surface area contributed by atoms with Gasteiger partial charge in [-0.15, -0.1) is 0 Å². The largest absolute Gasteiger partial charge is 0.370 e. The van der Waals surface area contributed by atoms with E-state index >= 15 is 0 Å². The zero-order valence-corrected chi connectivity index (χ0v) is 12.5. The smallest absolute Gasteiger partial charge is 0.251 e. The quantitative estimate of drug-likeness (QED) is 0.868. The monoisotopic (exact) mass is 275 g/mol. The fraction of sp³-hybridized carbons (Fsp3) is 0.625. The number of rotatable bonds is 5. The highest BCUT2D eigenvalue weighted by molar-refractivity contribution is 5.95. The van der Waals surface area contributed by atoms with Gasteiger partial charge in [-0.05, 0) is 44.7 Å². The average molecular weight is 275 g/mol. The van der Waals surface area contributed by atoms with Crippen molar-refractivity contribution in [3.8, 4) is 0 Å². The van der Waals surface area contributed by atoms with Crippen LogP contribution >= 0.6 is 0 Å². The second-order valence-corrected chi connectivity index (χ2v) is 5.63. The Morgan fingerprint density at radius 1 is 1.30 bits per heavy atom. The summed E-state index contributed by atoms with van der Waals surface area (Å²) in [6.45, 7) is 5.54. The number of nitrogens with one attached hydrogen (secondary N) is 2. The van der Waals surface area contributed by atoms with Crippen LogP contribution in [0.1, 0.15) is 55.1 Å². The maximum absolute atomic E-state index is 12.2. The van der Waals surface area contributed by atoms with E-state index in [1.807, 2.05) is 26.0 Å². The van der Waals surface area contributed by atoms with Crippen LogP contribution in [0.15, 0.2) is 12.1 Å². The van der Waals surface area contributed by atoms with Crippen LogP contribution < -0.4 is 10.6 Å². The molecule has 0 unspecified atom stereocenters. The molecule has 20 heavy (non-hydrogen) atoms. The van der Waals surface area contributed by atoms with Crippen LogP contribution in [-0.4, -0.2) is 24.0 Å². The molecule has 1 aliphatic carbocycles. The van der Waals surface area contributed by atoms with Crippen LogP contribution in [0.5, 0.6) is 0 Å². The molecule has 4 heteroatoms. The normalized spacial score (nSPS) is 15.9. The zero-order chi connectivity index (χ0) is 14.4. The summed E-state index contributed by atoms with van der Waals surface area (Å²) in [5, 5.41) is 6.23. The Balaban J connectivity index is 1.93. The van der Waals surface area contributed by atoms with Gasteiger partial charge in [0.05, 0.1) is 0 Å². The topological polar surface area (TPSA) is 54.0 Å². The van der Waals surface area contributed by atoms with Crippen molar-refractivity contribution in [2.45, 2.75) is 46.0 Å². The van der Waals surface area contributed by atoms with E-state index in [9.17, 15) is 4.79 Å². The summed E-state index contributed by atoms with van der Waals surface area (Å²) >= 11 is 0. The van der Waals surface area contributed by atoms with Crippen LogP contribution in [0.4, 0.5) is 5.82 Å². The Hall–Kier alpha value is -1.58. The standard InChI is InChI=1S/C16H25N3O/c1-3-17-15-10-14(9-12(2)19-15)16(20)18-11-13-7-5-4-6-8-13/h9-10,13H,3-8,11H2,1-2H3,(H,17,19)(H,18,20). The van der Waals surface area contributed by atoms with Crippen LogP contribution in [0.25, 0.3) is 0 Å². The molecule has 1 aliphatic rings. The molecule has 0 saturated heterocycles. The molecule has 110 valence electrons. The van der Waals surface area contributed by atoms with E-state index in [4.69, 9.17) is 0 Å². The highest BCUT2D eigenvalue weighted by Crippen LogP contribution is 2.22. The Labute approximate surface area is 121 Å². The van der Waals surface area contributed by atoms with Crippen LogP contribution in [-0.2, 0) is 0 Å². The molecular formula is C16H25N3O. The predicted molar refractivity (Wildman–Crippen MR) is 82.0 cm³/mol. The van der Waals surface area contributed by atoms with Crippen molar-refractivity contribution in [2.24, 2.45) is 5.92 Å². The number of aromatic nitrogens is 1. The lowest BCUT2D eigenvalue weighted by molar-refractivity contribution is 0.0943. The van der Waals surface area contributed by atoms with Crippen LogP contribution in [0, 0.1) is 12.8 Å². The molecule has 1 amide bonds. The lowest BCUT2D eigenvalue weighted by Crippen LogP contribution is -2.30. The molecule has 1 aromatic rings. The molecule has 1 saturated carbocycles.